The first-order valence-corrected chi connectivity index (χ1v) is 8.08. The van der Waals surface area contributed by atoms with Crippen molar-refractivity contribution in [1.82, 2.24) is 0 Å². The van der Waals surface area contributed by atoms with Crippen molar-refractivity contribution >= 4 is 23.4 Å². The molecule has 100 valence electrons. The van der Waals surface area contributed by atoms with E-state index in [2.05, 4.69) is 6.92 Å². The van der Waals surface area contributed by atoms with Crippen molar-refractivity contribution < 1.29 is 5.11 Å². The number of thioether (sulfide) groups is 1. The van der Waals surface area contributed by atoms with Crippen LogP contribution in [0.2, 0.25) is 5.02 Å². The van der Waals surface area contributed by atoms with Crippen LogP contribution in [-0.2, 0) is 0 Å². The second-order valence-electron chi connectivity index (χ2n) is 5.36. The molecule has 18 heavy (non-hydrogen) atoms. The molecule has 0 heterocycles. The fourth-order valence-electron chi connectivity index (χ4n) is 2.68. The quantitative estimate of drug-likeness (QED) is 0.814. The fourth-order valence-corrected chi connectivity index (χ4v) is 3.77. The Morgan fingerprint density at radius 1 is 1.33 bits per heavy atom. The first kappa shape index (κ1) is 14.2. The van der Waals surface area contributed by atoms with Gasteiger partial charge < -0.3 is 5.11 Å². The van der Waals surface area contributed by atoms with E-state index in [1.807, 2.05) is 24.3 Å². The standard InChI is InChI=1S/C15H21ClOS/c1-11-3-2-4-12(9-11)15(17)10-18-14-7-5-13(16)6-8-14/h5-8,11-12,15,17H,2-4,9-10H2,1H3. The molecule has 3 atom stereocenters. The lowest BCUT2D eigenvalue weighted by molar-refractivity contribution is 0.0903. The number of hydrogen-bond acceptors (Lipinski definition) is 2. The van der Waals surface area contributed by atoms with E-state index < -0.39 is 0 Å². The van der Waals surface area contributed by atoms with Crippen LogP contribution in [0.1, 0.15) is 32.6 Å². The summed E-state index contributed by atoms with van der Waals surface area (Å²) >= 11 is 7.58. The van der Waals surface area contributed by atoms with Crippen molar-refractivity contribution in [1.29, 1.82) is 0 Å². The number of aliphatic hydroxyl groups is 1. The maximum atomic E-state index is 10.3. The van der Waals surface area contributed by atoms with Crippen LogP contribution in [0.5, 0.6) is 0 Å². The monoisotopic (exact) mass is 284 g/mol. The van der Waals surface area contributed by atoms with E-state index in [0.29, 0.717) is 5.92 Å². The average Bonchev–Trinajstić information content (AvgIpc) is 2.38. The molecule has 1 saturated carbocycles. The lowest BCUT2D eigenvalue weighted by Gasteiger charge is -2.30. The van der Waals surface area contributed by atoms with Crippen molar-refractivity contribution in [3.05, 3.63) is 29.3 Å². The van der Waals surface area contributed by atoms with Gasteiger partial charge in [0.05, 0.1) is 6.10 Å². The van der Waals surface area contributed by atoms with Gasteiger partial charge in [0.1, 0.15) is 0 Å². The third-order valence-electron chi connectivity index (χ3n) is 3.76. The molecule has 0 aromatic heterocycles. The lowest BCUT2D eigenvalue weighted by atomic mass is 9.80. The highest BCUT2D eigenvalue weighted by Crippen LogP contribution is 2.33. The summed E-state index contributed by atoms with van der Waals surface area (Å²) in [7, 11) is 0. The predicted molar refractivity (Wildman–Crippen MR) is 79.3 cm³/mol. The van der Waals surface area contributed by atoms with Gasteiger partial charge in [-0.25, -0.2) is 0 Å². The summed E-state index contributed by atoms with van der Waals surface area (Å²) in [6, 6.07) is 7.84. The molecule has 1 N–H and O–H groups in total. The van der Waals surface area contributed by atoms with Crippen molar-refractivity contribution in [3.63, 3.8) is 0 Å². The van der Waals surface area contributed by atoms with Gasteiger partial charge in [-0.3, -0.25) is 0 Å². The molecule has 1 aliphatic rings. The van der Waals surface area contributed by atoms with Gasteiger partial charge in [0.25, 0.3) is 0 Å². The van der Waals surface area contributed by atoms with Crippen LogP contribution in [0.4, 0.5) is 0 Å². The average molecular weight is 285 g/mol. The van der Waals surface area contributed by atoms with E-state index >= 15 is 0 Å². The molecule has 1 aromatic rings. The summed E-state index contributed by atoms with van der Waals surface area (Å²) in [5.41, 5.74) is 0. The lowest BCUT2D eigenvalue weighted by Crippen LogP contribution is -2.27. The fraction of sp³-hybridized carbons (Fsp3) is 0.600. The third kappa shape index (κ3) is 4.18. The van der Waals surface area contributed by atoms with Gasteiger partial charge in [0, 0.05) is 15.7 Å². The Kier molecular flexibility index (Phi) is 5.40. The molecule has 1 fully saturated rings. The van der Waals surface area contributed by atoms with Gasteiger partial charge in [-0.1, -0.05) is 31.4 Å². The van der Waals surface area contributed by atoms with Gasteiger partial charge >= 0.3 is 0 Å². The predicted octanol–water partition coefficient (Wildman–Crippen LogP) is 4.62. The second-order valence-corrected chi connectivity index (χ2v) is 6.89. The van der Waals surface area contributed by atoms with Crippen LogP contribution in [0.25, 0.3) is 0 Å². The zero-order valence-electron chi connectivity index (χ0n) is 10.8. The highest BCUT2D eigenvalue weighted by Gasteiger charge is 2.25. The number of rotatable bonds is 4. The van der Waals surface area contributed by atoms with Crippen molar-refractivity contribution in [2.24, 2.45) is 11.8 Å². The topological polar surface area (TPSA) is 20.2 Å². The summed E-state index contributed by atoms with van der Waals surface area (Å²) in [5.74, 6) is 2.06. The zero-order chi connectivity index (χ0) is 13.0. The number of benzene rings is 1. The zero-order valence-corrected chi connectivity index (χ0v) is 12.4. The Balaban J connectivity index is 1.80. The van der Waals surface area contributed by atoms with Crippen LogP contribution < -0.4 is 0 Å². The minimum absolute atomic E-state index is 0.173. The van der Waals surface area contributed by atoms with Gasteiger partial charge in [0.2, 0.25) is 0 Å². The Morgan fingerprint density at radius 2 is 2.06 bits per heavy atom. The summed E-state index contributed by atoms with van der Waals surface area (Å²) in [4.78, 5) is 1.18. The number of halogens is 1. The molecule has 0 aliphatic heterocycles. The molecular formula is C15H21ClOS. The van der Waals surface area contributed by atoms with Crippen LogP contribution >= 0.6 is 23.4 Å². The van der Waals surface area contributed by atoms with Gasteiger partial charge in [-0.2, -0.15) is 0 Å². The Labute approximate surface area is 119 Å². The molecular weight excluding hydrogens is 264 g/mol. The summed E-state index contributed by atoms with van der Waals surface area (Å²) in [5, 5.41) is 11.0. The smallest absolute Gasteiger partial charge is 0.0662 e. The molecule has 0 spiro atoms. The molecule has 0 amide bonds. The van der Waals surface area contributed by atoms with E-state index in [0.717, 1.165) is 16.7 Å². The van der Waals surface area contributed by atoms with Crippen molar-refractivity contribution in [3.8, 4) is 0 Å². The molecule has 0 bridgehead atoms. The van der Waals surface area contributed by atoms with Crippen LogP contribution in [-0.4, -0.2) is 17.0 Å². The minimum Gasteiger partial charge on any atom is -0.392 e. The molecule has 2 rings (SSSR count). The Hall–Kier alpha value is -0.180. The molecule has 0 saturated heterocycles. The van der Waals surface area contributed by atoms with E-state index in [-0.39, 0.29) is 6.10 Å². The first-order valence-electron chi connectivity index (χ1n) is 6.71. The van der Waals surface area contributed by atoms with E-state index in [9.17, 15) is 5.11 Å². The Morgan fingerprint density at radius 3 is 2.72 bits per heavy atom. The van der Waals surface area contributed by atoms with E-state index in [1.165, 1.54) is 30.6 Å². The molecule has 1 aliphatic carbocycles. The SMILES string of the molecule is CC1CCCC(C(O)CSc2ccc(Cl)cc2)C1. The van der Waals surface area contributed by atoms with Crippen LogP contribution in [0, 0.1) is 11.8 Å². The molecule has 3 unspecified atom stereocenters. The maximum Gasteiger partial charge on any atom is 0.0662 e. The molecule has 1 nitrogen and oxygen atoms in total. The minimum atomic E-state index is -0.173. The maximum absolute atomic E-state index is 10.3. The normalized spacial score (nSPS) is 25.9. The summed E-state index contributed by atoms with van der Waals surface area (Å²) < 4.78 is 0. The molecule has 3 heteroatoms. The van der Waals surface area contributed by atoms with Crippen molar-refractivity contribution in [2.75, 3.05) is 5.75 Å². The van der Waals surface area contributed by atoms with Gasteiger partial charge in [-0.05, 0) is 48.9 Å². The first-order chi connectivity index (χ1) is 8.65. The largest absolute Gasteiger partial charge is 0.392 e. The number of aliphatic hydroxyl groups excluding tert-OH is 1. The van der Waals surface area contributed by atoms with E-state index in [4.69, 9.17) is 11.6 Å². The summed E-state index contributed by atoms with van der Waals surface area (Å²) in [6.45, 7) is 2.30. The molecule has 1 aromatic carbocycles. The summed E-state index contributed by atoms with van der Waals surface area (Å²) in [6.07, 6.45) is 4.80. The van der Waals surface area contributed by atoms with Crippen LogP contribution in [0.15, 0.2) is 29.2 Å². The highest BCUT2D eigenvalue weighted by molar-refractivity contribution is 7.99. The molecule has 0 radical (unpaired) electrons. The third-order valence-corrected chi connectivity index (χ3v) is 5.12. The second kappa shape index (κ2) is 6.83. The van der Waals surface area contributed by atoms with Crippen LogP contribution in [0.3, 0.4) is 0 Å². The van der Waals surface area contributed by atoms with Crippen molar-refractivity contribution in [2.45, 2.75) is 43.6 Å². The van der Waals surface area contributed by atoms with Gasteiger partial charge in [-0.15, -0.1) is 11.8 Å². The highest BCUT2D eigenvalue weighted by atomic mass is 35.5. The van der Waals surface area contributed by atoms with Gasteiger partial charge in [0.15, 0.2) is 0 Å². The van der Waals surface area contributed by atoms with E-state index in [1.54, 1.807) is 11.8 Å². The number of hydrogen-bond donors (Lipinski definition) is 1. The Bertz CT molecular complexity index is 365.